The molecule has 0 spiro atoms. The minimum atomic E-state index is -4.49. The number of nitrogens with one attached hydrogen (secondary N) is 1. The summed E-state index contributed by atoms with van der Waals surface area (Å²) in [4.78, 5) is 30.8. The van der Waals surface area contributed by atoms with Gasteiger partial charge < -0.3 is 24.1 Å². The molecule has 1 aromatic heterocycles. The first kappa shape index (κ1) is 27.3. The zero-order chi connectivity index (χ0) is 25.0. The maximum atomic E-state index is 13.0. The van der Waals surface area contributed by atoms with Gasteiger partial charge in [0, 0.05) is 45.1 Å². The molecule has 0 unspecified atom stereocenters. The summed E-state index contributed by atoms with van der Waals surface area (Å²) in [6.45, 7) is 6.43. The average Bonchev–Trinajstić information content (AvgIpc) is 3.28. The molecule has 0 saturated heterocycles. The zero-order valence-corrected chi connectivity index (χ0v) is 19.3. The van der Waals surface area contributed by atoms with Gasteiger partial charge in [-0.15, -0.1) is 0 Å². The van der Waals surface area contributed by atoms with Crippen molar-refractivity contribution in [1.82, 2.24) is 15.2 Å². The minimum Gasteiger partial charge on any atom is -0.446 e. The molecule has 0 aliphatic carbocycles. The van der Waals surface area contributed by atoms with Crippen molar-refractivity contribution in [2.45, 2.75) is 39.4 Å². The van der Waals surface area contributed by atoms with Gasteiger partial charge in [0.1, 0.15) is 6.26 Å². The van der Waals surface area contributed by atoms with E-state index >= 15 is 0 Å². The Morgan fingerprint density at radius 2 is 1.71 bits per heavy atom. The molecule has 2 rings (SSSR count). The van der Waals surface area contributed by atoms with Crippen molar-refractivity contribution >= 4 is 11.8 Å². The number of rotatable bonds is 14. The van der Waals surface area contributed by atoms with Crippen LogP contribution in [0.4, 0.5) is 13.2 Å². The molecule has 8 nitrogen and oxygen atoms in total. The lowest BCUT2D eigenvalue weighted by Gasteiger charge is -2.21. The van der Waals surface area contributed by atoms with E-state index in [1.54, 1.807) is 0 Å². The average molecular weight is 486 g/mol. The van der Waals surface area contributed by atoms with Crippen LogP contribution in [0.3, 0.4) is 0 Å². The van der Waals surface area contributed by atoms with E-state index in [4.69, 9.17) is 13.9 Å². The van der Waals surface area contributed by atoms with Gasteiger partial charge in [0.25, 0.3) is 11.8 Å². The molecule has 0 aliphatic rings. The maximum absolute atomic E-state index is 13.0. The molecule has 0 radical (unpaired) electrons. The second-order valence-electron chi connectivity index (χ2n) is 7.29. The van der Waals surface area contributed by atoms with Crippen molar-refractivity contribution in [3.05, 3.63) is 53.2 Å². The van der Waals surface area contributed by atoms with Crippen molar-refractivity contribution in [1.29, 1.82) is 0 Å². The van der Waals surface area contributed by atoms with Crippen LogP contribution >= 0.6 is 0 Å². The molecule has 188 valence electrons. The van der Waals surface area contributed by atoms with Gasteiger partial charge in [-0.2, -0.15) is 13.2 Å². The third-order valence-electron chi connectivity index (χ3n) is 4.73. The summed E-state index contributed by atoms with van der Waals surface area (Å²) in [5.41, 5.74) is -0.664. The van der Waals surface area contributed by atoms with E-state index in [1.807, 2.05) is 13.8 Å². The molecule has 34 heavy (non-hydrogen) atoms. The van der Waals surface area contributed by atoms with Crippen molar-refractivity contribution < 1.29 is 36.7 Å². The third kappa shape index (κ3) is 8.79. The zero-order valence-electron chi connectivity index (χ0n) is 19.3. The molecule has 1 N–H and O–H groups in total. The van der Waals surface area contributed by atoms with Gasteiger partial charge in [0.15, 0.2) is 5.69 Å². The van der Waals surface area contributed by atoms with Gasteiger partial charge in [0.2, 0.25) is 5.89 Å². The van der Waals surface area contributed by atoms with Gasteiger partial charge in [-0.3, -0.25) is 9.59 Å². The fourth-order valence-corrected chi connectivity index (χ4v) is 3.00. The number of carbonyl (C=O) groups excluding carboxylic acids is 2. The molecular formula is C23H30F3N3O5. The Hall–Kier alpha value is -2.92. The lowest BCUT2D eigenvalue weighted by molar-refractivity contribution is -0.137. The number of ether oxygens (including phenoxy) is 2. The summed E-state index contributed by atoms with van der Waals surface area (Å²) in [6.07, 6.45) is -2.13. The van der Waals surface area contributed by atoms with E-state index in [0.717, 1.165) is 24.3 Å². The van der Waals surface area contributed by atoms with Crippen molar-refractivity contribution in [3.8, 4) is 0 Å². The first-order chi connectivity index (χ1) is 16.3. The van der Waals surface area contributed by atoms with Gasteiger partial charge in [-0.25, -0.2) is 4.98 Å². The molecule has 0 bridgehead atoms. The van der Waals surface area contributed by atoms with Crippen LogP contribution in [0.15, 0.2) is 34.9 Å². The second-order valence-corrected chi connectivity index (χ2v) is 7.29. The number of halogens is 3. The number of oxazole rings is 1. The van der Waals surface area contributed by atoms with Crippen LogP contribution in [0.25, 0.3) is 0 Å². The Kier molecular flexibility index (Phi) is 11.0. The largest absolute Gasteiger partial charge is 0.446 e. The number of nitrogens with zero attached hydrogens (tertiary/aromatic N) is 2. The Labute approximate surface area is 196 Å². The molecule has 11 heteroatoms. The normalized spacial score (nSPS) is 11.4. The van der Waals surface area contributed by atoms with E-state index in [-0.39, 0.29) is 30.2 Å². The first-order valence-corrected chi connectivity index (χ1v) is 11.1. The number of aromatic nitrogens is 1. The second kappa shape index (κ2) is 13.7. The number of carbonyl (C=O) groups is 2. The molecule has 2 amide bonds. The van der Waals surface area contributed by atoms with Crippen molar-refractivity contribution in [3.63, 3.8) is 0 Å². The monoisotopic (exact) mass is 485 g/mol. The summed E-state index contributed by atoms with van der Waals surface area (Å²) in [5.74, 6) is -0.759. The van der Waals surface area contributed by atoms with Gasteiger partial charge in [0.05, 0.1) is 12.1 Å². The molecular weight excluding hydrogens is 455 g/mol. The van der Waals surface area contributed by atoms with Crippen LogP contribution in [0.1, 0.15) is 59.0 Å². The Balaban J connectivity index is 2.05. The maximum Gasteiger partial charge on any atom is 0.416 e. The minimum absolute atomic E-state index is 0.0520. The molecule has 1 aromatic carbocycles. The highest BCUT2D eigenvalue weighted by Gasteiger charge is 2.30. The SMILES string of the molecule is CCOCCCNC(=O)c1coc(CN(CCCOCC)C(=O)c2ccc(C(F)(F)F)cc2)n1. The summed E-state index contributed by atoms with van der Waals surface area (Å²) in [6, 6.07) is 4.00. The van der Waals surface area contributed by atoms with Gasteiger partial charge >= 0.3 is 6.18 Å². The molecule has 0 fully saturated rings. The van der Waals surface area contributed by atoms with E-state index in [2.05, 4.69) is 10.3 Å². The highest BCUT2D eigenvalue weighted by atomic mass is 19.4. The molecule has 0 saturated carbocycles. The fourth-order valence-electron chi connectivity index (χ4n) is 3.00. The van der Waals surface area contributed by atoms with Crippen LogP contribution in [-0.4, -0.2) is 61.2 Å². The summed E-state index contributed by atoms with van der Waals surface area (Å²) < 4.78 is 54.4. The Morgan fingerprint density at radius 1 is 1.06 bits per heavy atom. The lowest BCUT2D eigenvalue weighted by atomic mass is 10.1. The third-order valence-corrected chi connectivity index (χ3v) is 4.73. The highest BCUT2D eigenvalue weighted by molar-refractivity contribution is 5.94. The van der Waals surface area contributed by atoms with Crippen LogP contribution in [-0.2, 0) is 22.2 Å². The smallest absolute Gasteiger partial charge is 0.416 e. The van der Waals surface area contributed by atoms with Gasteiger partial charge in [-0.05, 0) is 51.0 Å². The van der Waals surface area contributed by atoms with Crippen LogP contribution in [0, 0.1) is 0 Å². The van der Waals surface area contributed by atoms with Gasteiger partial charge in [-0.1, -0.05) is 0 Å². The summed E-state index contributed by atoms with van der Waals surface area (Å²) in [5, 5.41) is 2.71. The van der Waals surface area contributed by atoms with Crippen LogP contribution < -0.4 is 5.32 Å². The van der Waals surface area contributed by atoms with E-state index in [9.17, 15) is 22.8 Å². The van der Waals surface area contributed by atoms with Crippen molar-refractivity contribution in [2.24, 2.45) is 0 Å². The molecule has 1 heterocycles. The van der Waals surface area contributed by atoms with E-state index < -0.39 is 23.6 Å². The Bertz CT molecular complexity index is 900. The summed E-state index contributed by atoms with van der Waals surface area (Å²) >= 11 is 0. The lowest BCUT2D eigenvalue weighted by Crippen LogP contribution is -2.32. The quantitative estimate of drug-likeness (QED) is 0.408. The Morgan fingerprint density at radius 3 is 2.32 bits per heavy atom. The highest BCUT2D eigenvalue weighted by Crippen LogP contribution is 2.29. The van der Waals surface area contributed by atoms with E-state index in [1.165, 1.54) is 11.2 Å². The van der Waals surface area contributed by atoms with Crippen LogP contribution in [0.2, 0.25) is 0 Å². The van der Waals surface area contributed by atoms with Crippen molar-refractivity contribution in [2.75, 3.05) is 39.5 Å². The number of amides is 2. The predicted octanol–water partition coefficient (Wildman–Crippen LogP) is 3.92. The number of alkyl halides is 3. The topological polar surface area (TPSA) is 93.9 Å². The first-order valence-electron chi connectivity index (χ1n) is 11.1. The molecule has 0 atom stereocenters. The predicted molar refractivity (Wildman–Crippen MR) is 117 cm³/mol. The number of hydrogen-bond acceptors (Lipinski definition) is 6. The fraction of sp³-hybridized carbons (Fsp3) is 0.522. The number of benzene rings is 1. The summed E-state index contributed by atoms with van der Waals surface area (Å²) in [7, 11) is 0. The molecule has 2 aromatic rings. The van der Waals surface area contributed by atoms with E-state index in [0.29, 0.717) is 45.8 Å². The molecule has 0 aliphatic heterocycles. The standard InChI is InChI=1S/C23H30F3N3O5/c1-3-32-13-5-11-27-21(30)19-16-34-20(28-19)15-29(12-6-14-33-4-2)22(31)17-7-9-18(10-8-17)23(24,25)26/h7-10,16H,3-6,11-15H2,1-2H3,(H,27,30). The number of hydrogen-bond donors (Lipinski definition) is 1. The van der Waals surface area contributed by atoms with Crippen LogP contribution in [0.5, 0.6) is 0 Å².